The molecule has 0 aromatic rings. The number of amides is 4. The molecule has 24 heteroatoms. The Morgan fingerprint density at radius 1 is 0.852 bits per heavy atom. The van der Waals surface area contributed by atoms with Gasteiger partial charge in [0.1, 0.15) is 11.2 Å². The van der Waals surface area contributed by atoms with E-state index in [1.807, 2.05) is 39.8 Å². The Kier molecular flexibility index (Phi) is 22.9. The molecule has 14 atom stereocenters. The number of esters is 2. The van der Waals surface area contributed by atoms with Gasteiger partial charge in [0.15, 0.2) is 11.6 Å². The Balaban J connectivity index is 0.000000281. The van der Waals surface area contributed by atoms with Gasteiger partial charge in [0.05, 0.1) is 93.7 Å². The fourth-order valence-electron chi connectivity index (χ4n) is 12.4. The van der Waals surface area contributed by atoms with Gasteiger partial charge in [-0.3, -0.25) is 47.8 Å². The number of hydrogen-bond donors (Lipinski definition) is 4. The van der Waals surface area contributed by atoms with Gasteiger partial charge in [-0.15, -0.1) is 13.2 Å². The lowest BCUT2D eigenvalue weighted by atomic mass is 9.90. The zero-order valence-corrected chi connectivity index (χ0v) is 55.6. The van der Waals surface area contributed by atoms with Crippen molar-refractivity contribution in [3.8, 4) is 0 Å². The number of rotatable bonds is 23. The molecule has 0 unspecified atom stereocenters. The number of ether oxygens (including phenoxy) is 4. The molecule has 2 saturated heterocycles. The monoisotopic (exact) mass is 1280 g/mol. The smallest absolute Gasteiger partial charge is 0.307 e. The van der Waals surface area contributed by atoms with E-state index < -0.39 is 153 Å². The summed E-state index contributed by atoms with van der Waals surface area (Å²) in [7, 11) is -7.84. The van der Waals surface area contributed by atoms with E-state index in [1.54, 1.807) is 61.5 Å². The number of Topliss-reactive ketones (excluding diaryl/α,β-unsaturated/α-hetero) is 2. The zero-order valence-electron chi connectivity index (χ0n) is 53.9. The molecule has 22 nitrogen and oxygen atoms in total. The fourth-order valence-corrected chi connectivity index (χ4v) is 15.1. The van der Waals surface area contributed by atoms with Crippen molar-refractivity contribution < 1.29 is 84.4 Å². The SMILES string of the molecule is C=CCC[C@@H](C)O[C@@H](CC)[C@H](CC(=O)OC(C)(C)C)C(=O)N1C[C@H](O)C[C@H]1C(=O)C[C@]1(C(=O)NS(=O)(=O)C2(C)CC2)C[C@H]1C=C.CC[C@@H]1O[C@H](C)CC/C=C\[C@@H]2C[C@@]2(C(=O)NS(=O)(=O)C2(C)CC2)CC(=O)[C@@H]2C[C@@H](O)CN2C(=O)[C@H]1CC(=O)OC(C)(C)C. The lowest BCUT2D eigenvalue weighted by molar-refractivity contribution is -0.163. The number of likely N-dealkylation sites (tertiary alicyclic amines) is 1. The summed E-state index contributed by atoms with van der Waals surface area (Å²) >= 11 is 0. The minimum Gasteiger partial charge on any atom is -0.460 e. The van der Waals surface area contributed by atoms with Crippen LogP contribution < -0.4 is 9.44 Å². The van der Waals surface area contributed by atoms with Crippen LogP contribution in [-0.2, 0) is 77.4 Å². The van der Waals surface area contributed by atoms with Crippen molar-refractivity contribution in [1.29, 1.82) is 0 Å². The minimum absolute atomic E-state index is 0.00758. The van der Waals surface area contributed by atoms with Crippen LogP contribution in [0.15, 0.2) is 37.5 Å². The quantitative estimate of drug-likeness (QED) is 0.0636. The number of sulfonamides is 2. The molecule has 0 aromatic heterocycles. The van der Waals surface area contributed by atoms with Crippen molar-refractivity contribution in [2.75, 3.05) is 13.1 Å². The van der Waals surface area contributed by atoms with E-state index in [0.29, 0.717) is 70.6 Å². The average molecular weight is 1280 g/mol. The van der Waals surface area contributed by atoms with Crippen LogP contribution >= 0.6 is 0 Å². The third kappa shape index (κ3) is 17.6. The second-order valence-corrected chi connectivity index (χ2v) is 32.9. The van der Waals surface area contributed by atoms with Crippen molar-refractivity contribution in [2.45, 2.75) is 268 Å². The molecule has 4 saturated carbocycles. The van der Waals surface area contributed by atoms with Crippen LogP contribution in [0.1, 0.15) is 199 Å². The Hall–Kier alpha value is -4.88. The van der Waals surface area contributed by atoms with E-state index in [1.165, 1.54) is 15.9 Å². The molecular weight excluding hydrogens is 1180 g/mol. The fraction of sp³-hybridized carbons (Fsp3) is 0.781. The summed E-state index contributed by atoms with van der Waals surface area (Å²) in [5.74, 6) is -7.15. The van der Waals surface area contributed by atoms with E-state index in [0.717, 1.165) is 0 Å². The summed E-state index contributed by atoms with van der Waals surface area (Å²) in [6.45, 7) is 28.4. The first-order chi connectivity index (χ1) is 40.7. The molecule has 3 heterocycles. The first kappa shape index (κ1) is 72.2. The van der Waals surface area contributed by atoms with Crippen LogP contribution in [0.5, 0.6) is 0 Å². The van der Waals surface area contributed by atoms with Crippen LogP contribution in [0.4, 0.5) is 0 Å². The van der Waals surface area contributed by atoms with Crippen molar-refractivity contribution in [3.05, 3.63) is 37.5 Å². The molecule has 7 rings (SSSR count). The highest BCUT2D eigenvalue weighted by molar-refractivity contribution is 7.92. The van der Waals surface area contributed by atoms with E-state index in [9.17, 15) is 65.4 Å². The molecule has 4 aliphatic carbocycles. The molecule has 496 valence electrons. The molecule has 0 aromatic carbocycles. The number of allylic oxidation sites excluding steroid dienone is 4. The van der Waals surface area contributed by atoms with Gasteiger partial charge in [-0.05, 0) is 158 Å². The van der Waals surface area contributed by atoms with Gasteiger partial charge in [-0.25, -0.2) is 16.8 Å². The Morgan fingerprint density at radius 3 is 1.97 bits per heavy atom. The number of nitrogens with zero attached hydrogens (tertiary/aromatic N) is 2. The van der Waals surface area contributed by atoms with Crippen LogP contribution in [0.25, 0.3) is 0 Å². The molecule has 88 heavy (non-hydrogen) atoms. The number of hydrogen-bond acceptors (Lipinski definition) is 18. The lowest BCUT2D eigenvalue weighted by Crippen LogP contribution is -2.49. The predicted octanol–water partition coefficient (Wildman–Crippen LogP) is 6.39. The number of aliphatic hydroxyl groups is 2. The van der Waals surface area contributed by atoms with Gasteiger partial charge in [-0.1, -0.05) is 38.2 Å². The number of aliphatic hydroxyl groups excluding tert-OH is 2. The Labute approximate surface area is 521 Å². The maximum absolute atomic E-state index is 14.2. The lowest BCUT2D eigenvalue weighted by Gasteiger charge is -2.34. The summed E-state index contributed by atoms with van der Waals surface area (Å²) in [6.07, 6.45) is 8.05. The van der Waals surface area contributed by atoms with Crippen molar-refractivity contribution in [2.24, 2.45) is 34.5 Å². The third-order valence-electron chi connectivity index (χ3n) is 18.6. The molecule has 3 aliphatic heterocycles. The molecule has 4 N–H and O–H groups in total. The Bertz CT molecular complexity index is 2910. The number of nitrogens with one attached hydrogen (secondary N) is 2. The molecule has 6 fully saturated rings. The Morgan fingerprint density at radius 2 is 1.43 bits per heavy atom. The molecule has 0 radical (unpaired) electrons. The largest absolute Gasteiger partial charge is 0.460 e. The van der Waals surface area contributed by atoms with E-state index in [4.69, 9.17) is 18.9 Å². The number of ketones is 2. The van der Waals surface area contributed by atoms with E-state index >= 15 is 0 Å². The second-order valence-electron chi connectivity index (χ2n) is 28.5. The van der Waals surface area contributed by atoms with Gasteiger partial charge in [0.2, 0.25) is 43.7 Å². The van der Waals surface area contributed by atoms with Gasteiger partial charge in [-0.2, -0.15) is 0 Å². The standard InChI is InChI=1S/C33H52N2O9S.C31H48N2O9S/c1-9-12-13-21(4)43-27(11-3)24(17-28(38)44-31(5,6)7)29(39)35-20-23(36)16-25(35)26(37)19-33(18-22(33)10-2)30(40)34-45(41,42)32(8)14-15-32;1-7-25-22(15-26(36)42-29(3,4)5)27(37)33-18-21(34)14-23(33)24(35)17-31(16-20(31)11-9-8-10-19(2)41-25)28(38)32-43(39,40)30(6)12-13-30/h9-10,21-25,27,36H,1-2,11-20H2,3-8H3,(H,34,40);9,11,19-23,25,34H,7-8,10,12-18H2,1-6H3,(H,32,38)/b;11-9-/t21-,22-,23-,24+,25+,27+,33-;19-,20-,21-,22+,23+,25+,31-/m11/s1. The average Bonchev–Trinajstić information content (AvgIpc) is 1.58. The van der Waals surface area contributed by atoms with Gasteiger partial charge in [0.25, 0.3) is 0 Å². The molecule has 7 aliphatic rings. The van der Waals surface area contributed by atoms with Crippen LogP contribution in [0.2, 0.25) is 0 Å². The highest BCUT2D eigenvalue weighted by Crippen LogP contribution is 2.59. The zero-order chi connectivity index (χ0) is 65.9. The maximum Gasteiger partial charge on any atom is 0.307 e. The number of β-amino-alcohol motifs (C(OH)–C–C–N with tert-alkyl or cyclic N) is 1. The number of carbonyl (C=O) groups is 8. The summed E-state index contributed by atoms with van der Waals surface area (Å²) < 4.78 is 77.6. The summed E-state index contributed by atoms with van der Waals surface area (Å²) in [5, 5.41) is 21.2. The first-order valence-electron chi connectivity index (χ1n) is 31.5. The van der Waals surface area contributed by atoms with E-state index in [2.05, 4.69) is 22.6 Å². The molecule has 4 amide bonds. The number of fused-ring (bicyclic) bond motifs is 2. The van der Waals surface area contributed by atoms with Crippen molar-refractivity contribution >= 4 is 67.2 Å². The van der Waals surface area contributed by atoms with Crippen LogP contribution in [0, 0.1) is 34.5 Å². The first-order valence-corrected chi connectivity index (χ1v) is 34.5. The van der Waals surface area contributed by atoms with Crippen LogP contribution in [0.3, 0.4) is 0 Å². The normalized spacial score (nSPS) is 31.5. The van der Waals surface area contributed by atoms with Gasteiger partial charge >= 0.3 is 11.9 Å². The van der Waals surface area contributed by atoms with Crippen molar-refractivity contribution in [3.63, 3.8) is 0 Å². The topological polar surface area (TPSA) is 313 Å². The molecule has 0 bridgehead atoms. The molecular formula is C64H100N4O18S2. The summed E-state index contributed by atoms with van der Waals surface area (Å²) in [5.41, 5.74) is -4.09. The van der Waals surface area contributed by atoms with Crippen molar-refractivity contribution in [1.82, 2.24) is 19.2 Å². The highest BCUT2D eigenvalue weighted by atomic mass is 32.2. The highest BCUT2D eigenvalue weighted by Gasteiger charge is 2.64. The molecule has 0 spiro atoms. The maximum atomic E-state index is 14.2. The predicted molar refractivity (Wildman–Crippen MR) is 327 cm³/mol. The minimum atomic E-state index is -3.93. The number of carbonyl (C=O) groups excluding carboxylic acids is 8. The second kappa shape index (κ2) is 27.9. The summed E-state index contributed by atoms with van der Waals surface area (Å²) in [4.78, 5) is 112. The van der Waals surface area contributed by atoms with Crippen LogP contribution in [-0.4, -0.2) is 166 Å². The van der Waals surface area contributed by atoms with Gasteiger partial charge in [0, 0.05) is 38.8 Å². The van der Waals surface area contributed by atoms with Gasteiger partial charge < -0.3 is 39.0 Å². The van der Waals surface area contributed by atoms with E-state index in [-0.39, 0.29) is 76.2 Å². The third-order valence-corrected chi connectivity index (χ3v) is 22.9. The summed E-state index contributed by atoms with van der Waals surface area (Å²) in [6, 6.07) is -2.08.